The highest BCUT2D eigenvalue weighted by Gasteiger charge is 2.23. The van der Waals surface area contributed by atoms with E-state index in [0.29, 0.717) is 17.7 Å². The lowest BCUT2D eigenvalue weighted by Crippen LogP contribution is -2.39. The largest absolute Gasteiger partial charge is 0.492 e. The molecule has 1 heterocycles. The average molecular weight is 311 g/mol. The predicted molar refractivity (Wildman–Crippen MR) is 90.5 cm³/mol. The Bertz CT molecular complexity index is 444. The summed E-state index contributed by atoms with van der Waals surface area (Å²) in [7, 11) is 0. The summed E-state index contributed by atoms with van der Waals surface area (Å²) >= 11 is 6.24. The minimum atomic E-state index is 0.470. The zero-order valence-corrected chi connectivity index (χ0v) is 14.1. The molecule has 118 valence electrons. The first-order valence-corrected chi connectivity index (χ1v) is 8.43. The van der Waals surface area contributed by atoms with Crippen LogP contribution < -0.4 is 10.1 Å². The Kier molecular flexibility index (Phi) is 6.19. The molecular weight excluding hydrogens is 284 g/mol. The van der Waals surface area contributed by atoms with Gasteiger partial charge >= 0.3 is 0 Å². The third kappa shape index (κ3) is 4.52. The molecule has 0 spiro atoms. The number of ether oxygens (including phenoxy) is 1. The van der Waals surface area contributed by atoms with Gasteiger partial charge in [0.25, 0.3) is 0 Å². The van der Waals surface area contributed by atoms with Gasteiger partial charge in [0.05, 0.1) is 11.6 Å². The Balaban J connectivity index is 1.90. The fraction of sp³-hybridized carbons (Fsp3) is 0.647. The summed E-state index contributed by atoms with van der Waals surface area (Å²) in [6.07, 6.45) is 2.54. The van der Waals surface area contributed by atoms with Crippen LogP contribution in [0.5, 0.6) is 5.75 Å². The lowest BCUT2D eigenvalue weighted by atomic mass is 9.90. The molecule has 0 saturated carbocycles. The Labute approximate surface area is 133 Å². The van der Waals surface area contributed by atoms with Crippen LogP contribution in [0.15, 0.2) is 18.2 Å². The molecule has 1 aliphatic heterocycles. The van der Waals surface area contributed by atoms with E-state index >= 15 is 0 Å². The van der Waals surface area contributed by atoms with Crippen molar-refractivity contribution in [1.29, 1.82) is 0 Å². The maximum absolute atomic E-state index is 6.24. The van der Waals surface area contributed by atoms with Gasteiger partial charge in [-0.15, -0.1) is 0 Å². The maximum Gasteiger partial charge on any atom is 0.138 e. The zero-order valence-electron chi connectivity index (χ0n) is 13.4. The van der Waals surface area contributed by atoms with E-state index in [2.05, 4.69) is 30.1 Å². The molecule has 0 amide bonds. The van der Waals surface area contributed by atoms with Gasteiger partial charge in [-0.2, -0.15) is 0 Å². The number of halogens is 1. The lowest BCUT2D eigenvalue weighted by molar-refractivity contribution is 0.183. The first-order chi connectivity index (χ1) is 10.1. The van der Waals surface area contributed by atoms with Gasteiger partial charge in [-0.1, -0.05) is 18.5 Å². The topological polar surface area (TPSA) is 24.5 Å². The van der Waals surface area contributed by atoms with E-state index in [1.165, 1.54) is 32.5 Å². The first-order valence-electron chi connectivity index (χ1n) is 8.05. The number of piperidine rings is 1. The molecule has 3 nitrogen and oxygen atoms in total. The van der Waals surface area contributed by atoms with Crippen molar-refractivity contribution in [3.8, 4) is 5.75 Å². The van der Waals surface area contributed by atoms with Gasteiger partial charge in [-0.3, -0.25) is 0 Å². The number of nitrogens with zero attached hydrogens (tertiary/aromatic N) is 1. The molecule has 1 aromatic rings. The summed E-state index contributed by atoms with van der Waals surface area (Å²) in [5.41, 5.74) is 1.08. The van der Waals surface area contributed by atoms with Crippen LogP contribution in [0, 0.1) is 5.92 Å². The SMILES string of the molecule is CCOc1ccc(NC(C)C2CCN(CC)CC2)cc1Cl. The summed E-state index contributed by atoms with van der Waals surface area (Å²) in [6.45, 7) is 10.7. The average Bonchev–Trinajstić information content (AvgIpc) is 2.50. The Morgan fingerprint density at radius 3 is 2.62 bits per heavy atom. The van der Waals surface area contributed by atoms with Crippen molar-refractivity contribution in [2.24, 2.45) is 5.92 Å². The first kappa shape index (κ1) is 16.4. The molecular formula is C17H27ClN2O. The molecule has 21 heavy (non-hydrogen) atoms. The molecule has 1 aromatic carbocycles. The molecule has 1 unspecified atom stereocenters. The van der Waals surface area contributed by atoms with E-state index < -0.39 is 0 Å². The van der Waals surface area contributed by atoms with Gasteiger partial charge in [0.1, 0.15) is 5.75 Å². The van der Waals surface area contributed by atoms with Crippen LogP contribution in [0.25, 0.3) is 0 Å². The van der Waals surface area contributed by atoms with Crippen molar-refractivity contribution in [3.05, 3.63) is 23.2 Å². The summed E-state index contributed by atoms with van der Waals surface area (Å²) < 4.78 is 5.47. The highest BCUT2D eigenvalue weighted by atomic mass is 35.5. The monoisotopic (exact) mass is 310 g/mol. The van der Waals surface area contributed by atoms with Gasteiger partial charge in [0, 0.05) is 11.7 Å². The third-order valence-corrected chi connectivity index (χ3v) is 4.71. The highest BCUT2D eigenvalue weighted by Crippen LogP contribution is 2.29. The van der Waals surface area contributed by atoms with Crippen molar-refractivity contribution < 1.29 is 4.74 Å². The molecule has 1 saturated heterocycles. The van der Waals surface area contributed by atoms with Crippen LogP contribution in [0.2, 0.25) is 5.02 Å². The number of hydrogen-bond donors (Lipinski definition) is 1. The quantitative estimate of drug-likeness (QED) is 0.849. The number of likely N-dealkylation sites (tertiary alicyclic amines) is 1. The predicted octanol–water partition coefficient (Wildman–Crippen LogP) is 4.27. The van der Waals surface area contributed by atoms with Gasteiger partial charge in [-0.05, 0) is 70.4 Å². The van der Waals surface area contributed by atoms with E-state index in [9.17, 15) is 0 Å². The van der Waals surface area contributed by atoms with Crippen molar-refractivity contribution in [2.45, 2.75) is 39.7 Å². The maximum atomic E-state index is 6.24. The fourth-order valence-electron chi connectivity index (χ4n) is 3.01. The Morgan fingerprint density at radius 2 is 2.05 bits per heavy atom. The van der Waals surface area contributed by atoms with Crippen LogP contribution in [-0.4, -0.2) is 37.2 Å². The molecule has 1 N–H and O–H groups in total. The minimum absolute atomic E-state index is 0.470. The Hall–Kier alpha value is -0.930. The van der Waals surface area contributed by atoms with Crippen molar-refractivity contribution in [2.75, 3.05) is 31.6 Å². The molecule has 0 aliphatic carbocycles. The molecule has 0 aromatic heterocycles. The van der Waals surface area contributed by atoms with Gasteiger partial charge in [-0.25, -0.2) is 0 Å². The van der Waals surface area contributed by atoms with Crippen molar-refractivity contribution in [1.82, 2.24) is 4.90 Å². The molecule has 4 heteroatoms. The van der Waals surface area contributed by atoms with Crippen LogP contribution in [0.1, 0.15) is 33.6 Å². The second-order valence-electron chi connectivity index (χ2n) is 5.78. The summed E-state index contributed by atoms with van der Waals surface area (Å²) in [5, 5.41) is 4.27. The van der Waals surface area contributed by atoms with Crippen molar-refractivity contribution in [3.63, 3.8) is 0 Å². The summed E-state index contributed by atoms with van der Waals surface area (Å²) in [5.74, 6) is 1.49. The second kappa shape index (κ2) is 7.90. The second-order valence-corrected chi connectivity index (χ2v) is 6.19. The smallest absolute Gasteiger partial charge is 0.138 e. The van der Waals surface area contributed by atoms with E-state index in [0.717, 1.165) is 17.4 Å². The molecule has 1 fully saturated rings. The molecule has 0 radical (unpaired) electrons. The number of benzene rings is 1. The van der Waals surface area contributed by atoms with E-state index in [4.69, 9.17) is 16.3 Å². The normalized spacial score (nSPS) is 18.5. The van der Waals surface area contributed by atoms with E-state index in [-0.39, 0.29) is 0 Å². The van der Waals surface area contributed by atoms with Gasteiger partial charge in [0.2, 0.25) is 0 Å². The third-order valence-electron chi connectivity index (χ3n) is 4.41. The Morgan fingerprint density at radius 1 is 1.33 bits per heavy atom. The van der Waals surface area contributed by atoms with Gasteiger partial charge < -0.3 is 15.0 Å². The number of rotatable bonds is 6. The standard InChI is InChI=1S/C17H27ClN2O/c1-4-20-10-8-14(9-11-20)13(3)19-15-6-7-17(21-5-2)16(18)12-15/h6-7,12-14,19H,4-5,8-11H2,1-3H3. The minimum Gasteiger partial charge on any atom is -0.492 e. The van der Waals surface area contributed by atoms with Crippen LogP contribution in [-0.2, 0) is 0 Å². The molecule has 1 atom stereocenters. The van der Waals surface area contributed by atoms with Crippen molar-refractivity contribution >= 4 is 17.3 Å². The van der Waals surface area contributed by atoms with Crippen LogP contribution in [0.3, 0.4) is 0 Å². The fourth-order valence-corrected chi connectivity index (χ4v) is 3.25. The molecule has 1 aliphatic rings. The molecule has 2 rings (SSSR count). The number of nitrogens with one attached hydrogen (secondary N) is 1. The number of hydrogen-bond acceptors (Lipinski definition) is 3. The number of anilines is 1. The summed E-state index contributed by atoms with van der Waals surface area (Å²) in [6, 6.07) is 6.43. The zero-order chi connectivity index (χ0) is 15.2. The van der Waals surface area contributed by atoms with Crippen LogP contribution in [0.4, 0.5) is 5.69 Å². The summed E-state index contributed by atoms with van der Waals surface area (Å²) in [4.78, 5) is 2.52. The molecule has 0 bridgehead atoms. The van der Waals surface area contributed by atoms with E-state index in [1.807, 2.05) is 19.1 Å². The van der Waals surface area contributed by atoms with Crippen LogP contribution >= 0.6 is 11.6 Å². The van der Waals surface area contributed by atoms with E-state index in [1.54, 1.807) is 0 Å². The lowest BCUT2D eigenvalue weighted by Gasteiger charge is -2.34. The highest BCUT2D eigenvalue weighted by molar-refractivity contribution is 6.32. The van der Waals surface area contributed by atoms with Gasteiger partial charge in [0.15, 0.2) is 0 Å².